The Kier molecular flexibility index (Phi) is 4.17. The number of thiazole rings is 1. The van der Waals surface area contributed by atoms with Crippen LogP contribution in [0.2, 0.25) is 0 Å². The van der Waals surface area contributed by atoms with E-state index in [2.05, 4.69) is 28.5 Å². The Bertz CT molecular complexity index is 431. The fourth-order valence-corrected chi connectivity index (χ4v) is 3.89. The smallest absolute Gasteiger partial charge is 0.311 e. The van der Waals surface area contributed by atoms with Gasteiger partial charge in [-0.3, -0.25) is 4.79 Å². The SMILES string of the molecule is COC(=O)Cc1csc(N2CCSC(C)(C)C2)n1. The molecule has 4 nitrogen and oxygen atoms in total. The van der Waals surface area contributed by atoms with Crippen molar-refractivity contribution in [3.8, 4) is 0 Å². The lowest BCUT2D eigenvalue weighted by atomic mass is 10.2. The van der Waals surface area contributed by atoms with E-state index in [1.54, 1.807) is 11.3 Å². The molecule has 0 amide bonds. The van der Waals surface area contributed by atoms with Crippen LogP contribution in [0, 0.1) is 0 Å². The Morgan fingerprint density at radius 3 is 3.06 bits per heavy atom. The molecule has 0 unspecified atom stereocenters. The lowest BCUT2D eigenvalue weighted by molar-refractivity contribution is -0.139. The van der Waals surface area contributed by atoms with Gasteiger partial charge in [0.1, 0.15) is 0 Å². The topological polar surface area (TPSA) is 42.4 Å². The summed E-state index contributed by atoms with van der Waals surface area (Å²) in [5, 5.41) is 2.96. The fraction of sp³-hybridized carbons (Fsp3) is 0.667. The molecule has 1 aliphatic rings. The second-order valence-corrected chi connectivity index (χ2v) is 7.54. The molecule has 18 heavy (non-hydrogen) atoms. The van der Waals surface area contributed by atoms with Crippen molar-refractivity contribution in [1.29, 1.82) is 0 Å². The number of anilines is 1. The van der Waals surface area contributed by atoms with E-state index < -0.39 is 0 Å². The molecule has 0 saturated carbocycles. The first-order valence-electron chi connectivity index (χ1n) is 5.90. The van der Waals surface area contributed by atoms with Gasteiger partial charge in [-0.25, -0.2) is 4.98 Å². The molecule has 0 atom stereocenters. The summed E-state index contributed by atoms with van der Waals surface area (Å²) in [6.45, 7) is 6.54. The number of nitrogens with zero attached hydrogens (tertiary/aromatic N) is 2. The quantitative estimate of drug-likeness (QED) is 0.797. The molecule has 100 valence electrons. The minimum atomic E-state index is -0.235. The molecule has 1 saturated heterocycles. The highest BCUT2D eigenvalue weighted by Crippen LogP contribution is 2.33. The van der Waals surface area contributed by atoms with Gasteiger partial charge in [0.05, 0.1) is 19.2 Å². The number of thioether (sulfide) groups is 1. The number of carbonyl (C=O) groups excluding carboxylic acids is 1. The van der Waals surface area contributed by atoms with Gasteiger partial charge in [-0.15, -0.1) is 11.3 Å². The number of esters is 1. The number of ether oxygens (including phenoxy) is 1. The van der Waals surface area contributed by atoms with Crippen molar-refractivity contribution in [2.24, 2.45) is 0 Å². The van der Waals surface area contributed by atoms with E-state index >= 15 is 0 Å². The summed E-state index contributed by atoms with van der Waals surface area (Å²) in [5.41, 5.74) is 0.804. The Balaban J connectivity index is 2.03. The fourth-order valence-electron chi connectivity index (χ4n) is 1.92. The molecule has 0 radical (unpaired) electrons. The van der Waals surface area contributed by atoms with Gasteiger partial charge in [-0.1, -0.05) is 0 Å². The molecule has 1 fully saturated rings. The number of methoxy groups -OCH3 is 1. The maximum atomic E-state index is 11.2. The van der Waals surface area contributed by atoms with E-state index in [1.807, 2.05) is 17.1 Å². The summed E-state index contributed by atoms with van der Waals surface area (Å²) < 4.78 is 4.92. The van der Waals surface area contributed by atoms with E-state index in [0.717, 1.165) is 29.7 Å². The zero-order valence-electron chi connectivity index (χ0n) is 10.9. The summed E-state index contributed by atoms with van der Waals surface area (Å²) in [6.07, 6.45) is 0.263. The molecule has 2 rings (SSSR count). The summed E-state index contributed by atoms with van der Waals surface area (Å²) >= 11 is 3.61. The molecule has 0 aromatic carbocycles. The highest BCUT2D eigenvalue weighted by molar-refractivity contribution is 8.00. The zero-order valence-corrected chi connectivity index (χ0v) is 12.6. The second kappa shape index (κ2) is 5.48. The molecule has 1 aromatic heterocycles. The second-order valence-electron chi connectivity index (χ2n) is 4.90. The van der Waals surface area contributed by atoms with E-state index in [1.165, 1.54) is 7.11 Å². The van der Waals surface area contributed by atoms with Gasteiger partial charge in [-0.05, 0) is 13.8 Å². The van der Waals surface area contributed by atoms with Gasteiger partial charge in [0, 0.05) is 29.0 Å². The van der Waals surface area contributed by atoms with Crippen LogP contribution in [0.15, 0.2) is 5.38 Å². The van der Waals surface area contributed by atoms with Crippen molar-refractivity contribution >= 4 is 34.2 Å². The molecule has 2 heterocycles. The highest BCUT2D eigenvalue weighted by atomic mass is 32.2. The first kappa shape index (κ1) is 13.7. The zero-order chi connectivity index (χ0) is 13.2. The first-order valence-corrected chi connectivity index (χ1v) is 7.77. The Morgan fingerprint density at radius 2 is 2.39 bits per heavy atom. The van der Waals surface area contributed by atoms with Crippen molar-refractivity contribution in [1.82, 2.24) is 4.98 Å². The van der Waals surface area contributed by atoms with Crippen molar-refractivity contribution in [2.75, 3.05) is 30.9 Å². The lowest BCUT2D eigenvalue weighted by Crippen LogP contribution is -2.43. The standard InChI is InChI=1S/C12H18N2O2S2/c1-12(2)8-14(4-5-18-12)11-13-9(7-17-11)6-10(15)16-3/h7H,4-6,8H2,1-3H3. The van der Waals surface area contributed by atoms with Crippen LogP contribution in [-0.2, 0) is 16.0 Å². The molecule has 6 heteroatoms. The first-order chi connectivity index (χ1) is 8.50. The molecular formula is C12H18N2O2S2. The monoisotopic (exact) mass is 286 g/mol. The summed E-state index contributed by atoms with van der Waals surface area (Å²) in [5.74, 6) is 0.889. The van der Waals surface area contributed by atoms with Crippen molar-refractivity contribution in [2.45, 2.75) is 25.0 Å². The predicted molar refractivity (Wildman–Crippen MR) is 76.6 cm³/mol. The predicted octanol–water partition coefficient (Wildman–Crippen LogP) is 2.19. The summed E-state index contributed by atoms with van der Waals surface area (Å²) in [4.78, 5) is 18.0. The Hall–Kier alpha value is -0.750. The molecule has 1 aliphatic heterocycles. The van der Waals surface area contributed by atoms with Crippen LogP contribution in [0.5, 0.6) is 0 Å². The minimum Gasteiger partial charge on any atom is -0.469 e. The minimum absolute atomic E-state index is 0.235. The Labute approximate surface area is 116 Å². The van der Waals surface area contributed by atoms with Gasteiger partial charge >= 0.3 is 5.97 Å². The number of hydrogen-bond donors (Lipinski definition) is 0. The third-order valence-electron chi connectivity index (χ3n) is 2.79. The van der Waals surface area contributed by atoms with Gasteiger partial charge in [-0.2, -0.15) is 11.8 Å². The van der Waals surface area contributed by atoms with Crippen LogP contribution >= 0.6 is 23.1 Å². The van der Waals surface area contributed by atoms with Crippen LogP contribution < -0.4 is 4.90 Å². The lowest BCUT2D eigenvalue weighted by Gasteiger charge is -2.37. The average Bonchev–Trinajstić information content (AvgIpc) is 2.76. The van der Waals surface area contributed by atoms with E-state index in [-0.39, 0.29) is 17.1 Å². The molecule has 0 aliphatic carbocycles. The maximum absolute atomic E-state index is 11.2. The number of rotatable bonds is 3. The molecule has 0 spiro atoms. The third-order valence-corrected chi connectivity index (χ3v) is 5.04. The third kappa shape index (κ3) is 3.38. The average molecular weight is 286 g/mol. The Morgan fingerprint density at radius 1 is 1.61 bits per heavy atom. The number of aromatic nitrogens is 1. The molecular weight excluding hydrogens is 268 g/mol. The van der Waals surface area contributed by atoms with Gasteiger partial charge in [0.15, 0.2) is 5.13 Å². The summed E-state index contributed by atoms with van der Waals surface area (Å²) in [7, 11) is 1.40. The van der Waals surface area contributed by atoms with Crippen LogP contribution in [0.1, 0.15) is 19.5 Å². The van der Waals surface area contributed by atoms with Crippen molar-refractivity contribution < 1.29 is 9.53 Å². The van der Waals surface area contributed by atoms with Gasteiger partial charge in [0.25, 0.3) is 0 Å². The number of carbonyl (C=O) groups is 1. The molecule has 0 bridgehead atoms. The summed E-state index contributed by atoms with van der Waals surface area (Å²) in [6, 6.07) is 0. The van der Waals surface area contributed by atoms with Crippen LogP contribution in [0.3, 0.4) is 0 Å². The highest BCUT2D eigenvalue weighted by Gasteiger charge is 2.28. The van der Waals surface area contributed by atoms with Crippen LogP contribution in [0.4, 0.5) is 5.13 Å². The maximum Gasteiger partial charge on any atom is 0.311 e. The van der Waals surface area contributed by atoms with E-state index in [4.69, 9.17) is 0 Å². The van der Waals surface area contributed by atoms with Gasteiger partial charge in [0.2, 0.25) is 0 Å². The van der Waals surface area contributed by atoms with Gasteiger partial charge < -0.3 is 9.64 Å². The molecule has 1 aromatic rings. The largest absolute Gasteiger partial charge is 0.469 e. The normalized spacial score (nSPS) is 18.7. The van der Waals surface area contributed by atoms with E-state index in [0.29, 0.717) is 0 Å². The van der Waals surface area contributed by atoms with Crippen molar-refractivity contribution in [3.63, 3.8) is 0 Å². The molecule has 0 N–H and O–H groups in total. The van der Waals surface area contributed by atoms with Crippen molar-refractivity contribution in [3.05, 3.63) is 11.1 Å². The van der Waals surface area contributed by atoms with Crippen LogP contribution in [-0.4, -0.2) is 41.7 Å². The number of hydrogen-bond acceptors (Lipinski definition) is 6. The van der Waals surface area contributed by atoms with Crippen LogP contribution in [0.25, 0.3) is 0 Å². The van der Waals surface area contributed by atoms with E-state index in [9.17, 15) is 4.79 Å².